The topological polar surface area (TPSA) is 92.7 Å². The number of esters is 1. The van der Waals surface area contributed by atoms with Gasteiger partial charge in [-0.05, 0) is 18.9 Å². The van der Waals surface area contributed by atoms with E-state index in [4.69, 9.17) is 4.74 Å². The Morgan fingerprint density at radius 1 is 1.50 bits per heavy atom. The van der Waals surface area contributed by atoms with E-state index in [1.165, 1.54) is 0 Å². The van der Waals surface area contributed by atoms with Crippen molar-refractivity contribution >= 4 is 17.8 Å². The number of carbonyl (C=O) groups excluding carboxylic acids is 2. The zero-order valence-corrected chi connectivity index (χ0v) is 9.59. The maximum atomic E-state index is 11.6. The Kier molecular flexibility index (Phi) is 2.09. The Balaban J connectivity index is 1.97. The number of carbonyl (C=O) groups is 3. The van der Waals surface area contributed by atoms with Crippen LogP contribution >= 0.6 is 0 Å². The van der Waals surface area contributed by atoms with Crippen LogP contribution in [0.2, 0.25) is 0 Å². The van der Waals surface area contributed by atoms with Gasteiger partial charge in [-0.1, -0.05) is 6.58 Å². The fourth-order valence-electron chi connectivity index (χ4n) is 3.73. The third-order valence-corrected chi connectivity index (χ3v) is 4.51. The Morgan fingerprint density at radius 2 is 2.22 bits per heavy atom. The van der Waals surface area contributed by atoms with Gasteiger partial charge in [0.25, 0.3) is 0 Å². The van der Waals surface area contributed by atoms with Gasteiger partial charge in [0.05, 0.1) is 17.4 Å². The van der Waals surface area contributed by atoms with Gasteiger partial charge < -0.3 is 15.2 Å². The Morgan fingerprint density at radius 3 is 2.83 bits per heavy atom. The monoisotopic (exact) mass is 251 g/mol. The van der Waals surface area contributed by atoms with Crippen LogP contribution in [-0.4, -0.2) is 35.1 Å². The number of hydrogen-bond acceptors (Lipinski definition) is 4. The highest BCUT2D eigenvalue weighted by Crippen LogP contribution is 2.61. The molecule has 0 aromatic rings. The third-order valence-electron chi connectivity index (χ3n) is 4.51. The SMILES string of the molecule is C=CC(=O)NC1C2OC(=O)C3CC1(C(=O)O)CC32. The molecule has 6 nitrogen and oxygen atoms in total. The number of rotatable bonds is 3. The van der Waals surface area contributed by atoms with E-state index in [9.17, 15) is 19.5 Å². The molecule has 3 aliphatic rings. The predicted molar refractivity (Wildman–Crippen MR) is 58.3 cm³/mol. The minimum atomic E-state index is -1.06. The van der Waals surface area contributed by atoms with Crippen molar-refractivity contribution in [3.05, 3.63) is 12.7 Å². The lowest BCUT2D eigenvalue weighted by Crippen LogP contribution is -2.54. The molecule has 3 fully saturated rings. The number of carboxylic acids is 1. The first-order valence-corrected chi connectivity index (χ1v) is 5.86. The van der Waals surface area contributed by atoms with Crippen LogP contribution < -0.4 is 5.32 Å². The second-order valence-corrected chi connectivity index (χ2v) is 5.23. The van der Waals surface area contributed by atoms with E-state index in [2.05, 4.69) is 11.9 Å². The van der Waals surface area contributed by atoms with Gasteiger partial charge in [0.1, 0.15) is 6.10 Å². The summed E-state index contributed by atoms with van der Waals surface area (Å²) >= 11 is 0. The second-order valence-electron chi connectivity index (χ2n) is 5.23. The lowest BCUT2D eigenvalue weighted by Gasteiger charge is -2.33. The van der Waals surface area contributed by atoms with Crippen molar-refractivity contribution in [1.82, 2.24) is 5.32 Å². The predicted octanol–water partition coefficient (Wildman–Crippen LogP) is -0.307. The molecule has 0 aromatic heterocycles. The van der Waals surface area contributed by atoms with Crippen LogP contribution in [0, 0.1) is 17.3 Å². The molecule has 0 spiro atoms. The Bertz CT molecular complexity index is 473. The molecule has 0 aromatic carbocycles. The number of carboxylic acid groups (broad SMARTS) is 1. The van der Waals surface area contributed by atoms with E-state index >= 15 is 0 Å². The first-order valence-electron chi connectivity index (χ1n) is 5.86. The van der Waals surface area contributed by atoms with Crippen LogP contribution in [-0.2, 0) is 19.1 Å². The molecule has 2 bridgehead atoms. The van der Waals surface area contributed by atoms with E-state index in [1.807, 2.05) is 0 Å². The van der Waals surface area contributed by atoms with Gasteiger partial charge >= 0.3 is 11.9 Å². The molecule has 3 rings (SSSR count). The van der Waals surface area contributed by atoms with E-state index < -0.39 is 29.4 Å². The zero-order chi connectivity index (χ0) is 13.1. The van der Waals surface area contributed by atoms with Gasteiger partial charge in [-0.2, -0.15) is 0 Å². The quantitative estimate of drug-likeness (QED) is 0.530. The van der Waals surface area contributed by atoms with Crippen molar-refractivity contribution in [2.24, 2.45) is 17.3 Å². The van der Waals surface area contributed by atoms with E-state index in [0.29, 0.717) is 6.42 Å². The molecule has 5 atom stereocenters. The molecule has 2 aliphatic carbocycles. The number of hydrogen-bond donors (Lipinski definition) is 2. The molecule has 1 amide bonds. The van der Waals surface area contributed by atoms with Gasteiger partial charge in [-0.3, -0.25) is 14.4 Å². The summed E-state index contributed by atoms with van der Waals surface area (Å²) in [4.78, 5) is 34.6. The second kappa shape index (κ2) is 3.34. The van der Waals surface area contributed by atoms with Gasteiger partial charge in [-0.15, -0.1) is 0 Å². The summed E-state index contributed by atoms with van der Waals surface area (Å²) in [6.45, 7) is 3.34. The van der Waals surface area contributed by atoms with Gasteiger partial charge in [0, 0.05) is 5.92 Å². The van der Waals surface area contributed by atoms with Gasteiger partial charge in [0.2, 0.25) is 5.91 Å². The summed E-state index contributed by atoms with van der Waals surface area (Å²) < 4.78 is 5.22. The maximum Gasteiger partial charge on any atom is 0.311 e. The molecule has 5 unspecified atom stereocenters. The number of aliphatic carboxylic acids is 1. The van der Waals surface area contributed by atoms with Crippen LogP contribution in [0.25, 0.3) is 0 Å². The highest BCUT2D eigenvalue weighted by atomic mass is 16.6. The number of fused-ring (bicyclic) bond motifs is 1. The minimum Gasteiger partial charge on any atom is -0.481 e. The number of amides is 1. The first kappa shape index (κ1) is 11.3. The number of nitrogens with one attached hydrogen (secondary N) is 1. The summed E-state index contributed by atoms with van der Waals surface area (Å²) in [6.07, 6.45) is 1.24. The average molecular weight is 251 g/mol. The lowest BCUT2D eigenvalue weighted by molar-refractivity contribution is -0.151. The summed E-state index contributed by atoms with van der Waals surface area (Å²) in [7, 11) is 0. The van der Waals surface area contributed by atoms with E-state index in [-0.39, 0.29) is 24.2 Å². The molecular weight excluding hydrogens is 238 g/mol. The van der Waals surface area contributed by atoms with E-state index in [0.717, 1.165) is 6.08 Å². The first-order chi connectivity index (χ1) is 8.49. The lowest BCUT2D eigenvalue weighted by atomic mass is 9.76. The molecule has 18 heavy (non-hydrogen) atoms. The summed E-state index contributed by atoms with van der Waals surface area (Å²) in [5.41, 5.74) is -1.06. The van der Waals surface area contributed by atoms with Crippen molar-refractivity contribution in [1.29, 1.82) is 0 Å². The van der Waals surface area contributed by atoms with Crippen molar-refractivity contribution in [2.45, 2.75) is 25.0 Å². The molecule has 96 valence electrons. The molecule has 6 heteroatoms. The Hall–Kier alpha value is -1.85. The van der Waals surface area contributed by atoms with Crippen LogP contribution in [0.3, 0.4) is 0 Å². The van der Waals surface area contributed by atoms with Crippen molar-refractivity contribution < 1.29 is 24.2 Å². The van der Waals surface area contributed by atoms with Crippen molar-refractivity contribution in [3.63, 3.8) is 0 Å². The summed E-state index contributed by atoms with van der Waals surface area (Å²) in [5, 5.41) is 12.1. The highest BCUT2D eigenvalue weighted by molar-refractivity contribution is 5.90. The molecule has 1 aliphatic heterocycles. The summed E-state index contributed by atoms with van der Waals surface area (Å²) in [5.74, 6) is -2.13. The van der Waals surface area contributed by atoms with Gasteiger partial charge in [-0.25, -0.2) is 0 Å². The molecular formula is C12H13NO5. The van der Waals surface area contributed by atoms with Crippen molar-refractivity contribution in [3.8, 4) is 0 Å². The molecule has 2 N–H and O–H groups in total. The van der Waals surface area contributed by atoms with Crippen LogP contribution in [0.1, 0.15) is 12.8 Å². The Labute approximate surface area is 103 Å². The zero-order valence-electron chi connectivity index (χ0n) is 9.59. The van der Waals surface area contributed by atoms with Crippen LogP contribution in [0.15, 0.2) is 12.7 Å². The standard InChI is InChI=1S/C12H13NO5/c1-2-7(14)13-9-8-5-3-12(9,11(16)17)4-6(5)10(15)18-8/h2,5-6,8-9H,1,3-4H2,(H,13,14)(H,16,17). The molecule has 0 radical (unpaired) electrons. The molecule has 2 saturated carbocycles. The fourth-order valence-corrected chi connectivity index (χ4v) is 3.73. The van der Waals surface area contributed by atoms with E-state index in [1.54, 1.807) is 0 Å². The van der Waals surface area contributed by atoms with Crippen LogP contribution in [0.5, 0.6) is 0 Å². The molecule has 1 saturated heterocycles. The maximum absolute atomic E-state index is 11.6. The third kappa shape index (κ3) is 1.15. The fraction of sp³-hybridized carbons (Fsp3) is 0.583. The van der Waals surface area contributed by atoms with Crippen molar-refractivity contribution in [2.75, 3.05) is 0 Å². The normalized spacial score (nSPS) is 43.7. The largest absolute Gasteiger partial charge is 0.481 e. The minimum absolute atomic E-state index is 0.0799. The smallest absolute Gasteiger partial charge is 0.311 e. The molecule has 1 heterocycles. The average Bonchev–Trinajstić information content (AvgIpc) is 2.90. The highest BCUT2D eigenvalue weighted by Gasteiger charge is 2.72. The summed E-state index contributed by atoms with van der Waals surface area (Å²) in [6, 6.07) is -0.645. The van der Waals surface area contributed by atoms with Gasteiger partial charge in [0.15, 0.2) is 0 Å². The van der Waals surface area contributed by atoms with Crippen LogP contribution in [0.4, 0.5) is 0 Å². The number of ether oxygens (including phenoxy) is 1.